The van der Waals surface area contributed by atoms with Gasteiger partial charge in [-0.2, -0.15) is 0 Å². The first-order valence-electron chi connectivity index (χ1n) is 11.2. The smallest absolute Gasteiger partial charge is 0.337 e. The molecule has 3 aromatic rings. The SMILES string of the molecule is COC(=O)c1cccc(NC(=O)CSc2nnc([C@H](CC(C)C)NC(=O)c3ccccc3Cl)n2C)c1. The molecule has 190 valence electrons. The highest BCUT2D eigenvalue weighted by atomic mass is 35.5. The third-order valence-corrected chi connectivity index (χ3v) is 6.56. The lowest BCUT2D eigenvalue weighted by Gasteiger charge is -2.20. The number of hydrogen-bond acceptors (Lipinski definition) is 7. The van der Waals surface area contributed by atoms with E-state index in [0.29, 0.717) is 39.2 Å². The minimum atomic E-state index is -0.482. The first kappa shape index (κ1) is 27.2. The number of esters is 1. The van der Waals surface area contributed by atoms with E-state index in [1.807, 2.05) is 0 Å². The molecule has 0 fully saturated rings. The molecule has 0 radical (unpaired) electrons. The second-order valence-corrected chi connectivity index (χ2v) is 9.79. The van der Waals surface area contributed by atoms with Crippen molar-refractivity contribution < 1.29 is 19.1 Å². The summed E-state index contributed by atoms with van der Waals surface area (Å²) < 4.78 is 6.48. The Morgan fingerprint density at radius 3 is 2.56 bits per heavy atom. The summed E-state index contributed by atoms with van der Waals surface area (Å²) in [6.07, 6.45) is 0.643. The molecule has 2 aromatic carbocycles. The van der Waals surface area contributed by atoms with E-state index in [1.165, 1.54) is 18.9 Å². The number of rotatable bonds is 10. The van der Waals surface area contributed by atoms with Gasteiger partial charge in [-0.25, -0.2) is 4.79 Å². The van der Waals surface area contributed by atoms with E-state index in [1.54, 1.807) is 60.1 Å². The third kappa shape index (κ3) is 7.08. The molecule has 0 aliphatic heterocycles. The maximum Gasteiger partial charge on any atom is 0.337 e. The predicted molar refractivity (Wildman–Crippen MR) is 139 cm³/mol. The number of anilines is 1. The Hall–Kier alpha value is -3.37. The molecule has 36 heavy (non-hydrogen) atoms. The van der Waals surface area contributed by atoms with Crippen molar-refractivity contribution in [3.05, 3.63) is 70.5 Å². The Morgan fingerprint density at radius 1 is 1.11 bits per heavy atom. The summed E-state index contributed by atoms with van der Waals surface area (Å²) in [5.74, 6) is -0.104. The molecule has 1 heterocycles. The summed E-state index contributed by atoms with van der Waals surface area (Å²) in [4.78, 5) is 37.1. The summed E-state index contributed by atoms with van der Waals surface area (Å²) in [5, 5.41) is 15.2. The highest BCUT2D eigenvalue weighted by molar-refractivity contribution is 7.99. The summed E-state index contributed by atoms with van der Waals surface area (Å²) in [6.45, 7) is 4.11. The quantitative estimate of drug-likeness (QED) is 0.293. The molecule has 11 heteroatoms. The molecular weight excluding hydrogens is 502 g/mol. The Labute approximate surface area is 219 Å². The van der Waals surface area contributed by atoms with Crippen LogP contribution in [0.3, 0.4) is 0 Å². The van der Waals surface area contributed by atoms with Crippen LogP contribution in [0.25, 0.3) is 0 Å². The van der Waals surface area contributed by atoms with Gasteiger partial charge in [0.15, 0.2) is 11.0 Å². The molecule has 2 N–H and O–H groups in total. The van der Waals surface area contributed by atoms with Gasteiger partial charge in [-0.15, -0.1) is 10.2 Å². The van der Waals surface area contributed by atoms with Crippen LogP contribution in [-0.2, 0) is 16.6 Å². The van der Waals surface area contributed by atoms with E-state index < -0.39 is 12.0 Å². The maximum atomic E-state index is 12.9. The molecule has 1 atom stereocenters. The van der Waals surface area contributed by atoms with Gasteiger partial charge in [-0.1, -0.05) is 55.4 Å². The maximum absolute atomic E-state index is 12.9. The number of thioether (sulfide) groups is 1. The Kier molecular flexibility index (Phi) is 9.49. The highest BCUT2D eigenvalue weighted by Crippen LogP contribution is 2.25. The van der Waals surface area contributed by atoms with Crippen LogP contribution in [0.5, 0.6) is 0 Å². The number of benzene rings is 2. The zero-order valence-electron chi connectivity index (χ0n) is 20.4. The molecular formula is C25H28ClN5O4S. The molecule has 0 aliphatic carbocycles. The Balaban J connectivity index is 1.67. The van der Waals surface area contributed by atoms with Gasteiger partial charge in [-0.05, 0) is 42.7 Å². The van der Waals surface area contributed by atoms with Crippen molar-refractivity contribution in [2.24, 2.45) is 13.0 Å². The lowest BCUT2D eigenvalue weighted by Crippen LogP contribution is -2.31. The molecule has 0 saturated carbocycles. The van der Waals surface area contributed by atoms with Crippen LogP contribution in [0, 0.1) is 5.92 Å². The number of hydrogen-bond donors (Lipinski definition) is 2. The molecule has 1 aromatic heterocycles. The standard InChI is InChI=1S/C25H28ClN5O4S/c1-15(2)12-20(28-23(33)18-10-5-6-11-19(18)26)22-29-30-25(31(22)3)36-14-21(32)27-17-9-7-8-16(13-17)24(34)35-4/h5-11,13,15,20H,12,14H2,1-4H3,(H,27,32)(H,28,33)/t20-/m0/s1. The number of amides is 2. The molecule has 0 saturated heterocycles. The molecule has 0 unspecified atom stereocenters. The summed E-state index contributed by atoms with van der Waals surface area (Å²) in [6, 6.07) is 13.0. The topological polar surface area (TPSA) is 115 Å². The molecule has 2 amide bonds. The van der Waals surface area contributed by atoms with E-state index >= 15 is 0 Å². The van der Waals surface area contributed by atoms with Crippen molar-refractivity contribution >= 4 is 46.8 Å². The van der Waals surface area contributed by atoms with Crippen LogP contribution in [0.4, 0.5) is 5.69 Å². The van der Waals surface area contributed by atoms with Crippen LogP contribution in [0.1, 0.15) is 52.9 Å². The van der Waals surface area contributed by atoms with Crippen LogP contribution >= 0.6 is 23.4 Å². The molecule has 0 bridgehead atoms. The van der Waals surface area contributed by atoms with Crippen molar-refractivity contribution in [3.8, 4) is 0 Å². The number of nitrogens with zero attached hydrogens (tertiary/aromatic N) is 3. The van der Waals surface area contributed by atoms with Gasteiger partial charge in [0.2, 0.25) is 5.91 Å². The van der Waals surface area contributed by atoms with Gasteiger partial charge in [0.05, 0.1) is 35.1 Å². The van der Waals surface area contributed by atoms with Crippen molar-refractivity contribution in [1.82, 2.24) is 20.1 Å². The van der Waals surface area contributed by atoms with Crippen LogP contribution in [0.2, 0.25) is 5.02 Å². The van der Waals surface area contributed by atoms with Gasteiger partial charge < -0.3 is 19.9 Å². The number of aromatic nitrogens is 3. The highest BCUT2D eigenvalue weighted by Gasteiger charge is 2.24. The number of nitrogens with one attached hydrogen (secondary N) is 2. The van der Waals surface area contributed by atoms with Crippen molar-refractivity contribution in [3.63, 3.8) is 0 Å². The number of carbonyl (C=O) groups excluding carboxylic acids is 3. The first-order chi connectivity index (χ1) is 17.2. The van der Waals surface area contributed by atoms with Gasteiger partial charge in [-0.3, -0.25) is 9.59 Å². The van der Waals surface area contributed by atoms with Gasteiger partial charge in [0, 0.05) is 12.7 Å². The van der Waals surface area contributed by atoms with Gasteiger partial charge in [0.1, 0.15) is 0 Å². The van der Waals surface area contributed by atoms with Gasteiger partial charge in [0.25, 0.3) is 5.91 Å². The second-order valence-electron chi connectivity index (χ2n) is 8.44. The first-order valence-corrected chi connectivity index (χ1v) is 12.6. The lowest BCUT2D eigenvalue weighted by molar-refractivity contribution is -0.113. The fraction of sp³-hybridized carbons (Fsp3) is 0.320. The number of ether oxygens (including phenoxy) is 1. The fourth-order valence-electron chi connectivity index (χ4n) is 3.51. The minimum Gasteiger partial charge on any atom is -0.465 e. The van der Waals surface area contributed by atoms with E-state index in [4.69, 9.17) is 16.3 Å². The molecule has 9 nitrogen and oxygen atoms in total. The summed E-state index contributed by atoms with van der Waals surface area (Å²) >= 11 is 7.41. The fourth-order valence-corrected chi connectivity index (χ4v) is 4.45. The van der Waals surface area contributed by atoms with Crippen molar-refractivity contribution in [2.45, 2.75) is 31.5 Å². The predicted octanol–water partition coefficient (Wildman–Crippen LogP) is 4.50. The Bertz CT molecular complexity index is 1250. The van der Waals surface area contributed by atoms with E-state index in [9.17, 15) is 14.4 Å². The van der Waals surface area contributed by atoms with E-state index in [-0.39, 0.29) is 23.5 Å². The third-order valence-electron chi connectivity index (χ3n) is 5.21. The van der Waals surface area contributed by atoms with Gasteiger partial charge >= 0.3 is 5.97 Å². The largest absolute Gasteiger partial charge is 0.465 e. The van der Waals surface area contributed by atoms with Crippen molar-refractivity contribution in [1.29, 1.82) is 0 Å². The van der Waals surface area contributed by atoms with E-state index in [0.717, 1.165) is 0 Å². The number of carbonyl (C=O) groups is 3. The van der Waals surface area contributed by atoms with E-state index in [2.05, 4.69) is 34.7 Å². The second kappa shape index (κ2) is 12.5. The van der Waals surface area contributed by atoms with Crippen LogP contribution < -0.4 is 10.6 Å². The number of halogens is 1. The average molecular weight is 530 g/mol. The normalized spacial score (nSPS) is 11.7. The molecule has 0 spiro atoms. The zero-order valence-corrected chi connectivity index (χ0v) is 22.0. The lowest BCUT2D eigenvalue weighted by atomic mass is 10.0. The monoisotopic (exact) mass is 529 g/mol. The van der Waals surface area contributed by atoms with Crippen molar-refractivity contribution in [2.75, 3.05) is 18.2 Å². The summed E-state index contributed by atoms with van der Waals surface area (Å²) in [5.41, 5.74) is 1.22. The van der Waals surface area contributed by atoms with Crippen LogP contribution in [0.15, 0.2) is 53.7 Å². The number of methoxy groups -OCH3 is 1. The van der Waals surface area contributed by atoms with Crippen LogP contribution in [-0.4, -0.2) is 45.4 Å². The molecule has 0 aliphatic rings. The average Bonchev–Trinajstić information content (AvgIpc) is 3.22. The minimum absolute atomic E-state index is 0.0786. The zero-order chi connectivity index (χ0) is 26.2. The molecule has 3 rings (SSSR count). The Morgan fingerprint density at radius 2 is 1.86 bits per heavy atom. The summed E-state index contributed by atoms with van der Waals surface area (Å²) in [7, 11) is 3.09.